The van der Waals surface area contributed by atoms with Crippen molar-refractivity contribution in [3.05, 3.63) is 78.0 Å². The second-order valence-corrected chi connectivity index (χ2v) is 6.14. The van der Waals surface area contributed by atoms with Crippen molar-refractivity contribution in [2.45, 2.75) is 0 Å². The maximum absolute atomic E-state index is 12.5. The summed E-state index contributed by atoms with van der Waals surface area (Å²) in [5, 5.41) is 14.9. The van der Waals surface area contributed by atoms with Crippen molar-refractivity contribution >= 4 is 28.8 Å². The number of hydrogen-bond acceptors (Lipinski definition) is 5. The van der Waals surface area contributed by atoms with Crippen LogP contribution in [-0.2, 0) is 0 Å². The zero-order valence-corrected chi connectivity index (χ0v) is 15.1. The van der Waals surface area contributed by atoms with E-state index in [1.807, 2.05) is 43.3 Å². The van der Waals surface area contributed by atoms with Crippen LogP contribution in [0.3, 0.4) is 0 Å². The van der Waals surface area contributed by atoms with Crippen LogP contribution >= 0.6 is 0 Å². The summed E-state index contributed by atoms with van der Waals surface area (Å²) in [5.41, 5.74) is 3.66. The fraction of sp³-hybridized carbons (Fsp3) is 0.0952. The molecule has 2 N–H and O–H groups in total. The predicted octanol–water partition coefficient (Wildman–Crippen LogP) is 4.02. The third-order valence-corrected chi connectivity index (χ3v) is 3.95. The second-order valence-electron chi connectivity index (χ2n) is 6.14. The van der Waals surface area contributed by atoms with Gasteiger partial charge < -0.3 is 15.5 Å². The Kier molecular flexibility index (Phi) is 5.33. The summed E-state index contributed by atoms with van der Waals surface area (Å²) in [6, 6.07) is 20.1. The van der Waals surface area contributed by atoms with E-state index in [-0.39, 0.29) is 5.91 Å². The number of carbonyl (C=O) groups excluding carboxylic acids is 1. The Morgan fingerprint density at radius 2 is 1.67 bits per heavy atom. The predicted molar refractivity (Wildman–Crippen MR) is 107 cm³/mol. The first-order valence-corrected chi connectivity index (χ1v) is 8.37. The van der Waals surface area contributed by atoms with Gasteiger partial charge in [0.1, 0.15) is 5.82 Å². The molecule has 3 aromatic rings. The molecule has 27 heavy (non-hydrogen) atoms. The van der Waals surface area contributed by atoms with E-state index in [0.29, 0.717) is 16.9 Å². The highest BCUT2D eigenvalue weighted by Gasteiger charge is 2.08. The Morgan fingerprint density at radius 1 is 1.00 bits per heavy atom. The third kappa shape index (κ3) is 4.61. The molecular formula is C21H19N5O. The molecule has 0 radical (unpaired) electrons. The Balaban J connectivity index is 1.70. The zero-order valence-electron chi connectivity index (χ0n) is 15.1. The Hall–Kier alpha value is -3.85. The molecule has 0 atom stereocenters. The molecule has 1 aromatic heterocycles. The van der Waals surface area contributed by atoms with E-state index in [1.54, 1.807) is 42.6 Å². The van der Waals surface area contributed by atoms with Crippen molar-refractivity contribution in [3.63, 3.8) is 0 Å². The molecule has 2 aromatic carbocycles. The molecular weight excluding hydrogens is 338 g/mol. The maximum Gasteiger partial charge on any atom is 0.255 e. The first-order chi connectivity index (χ1) is 13.0. The number of hydrogen-bond donors (Lipinski definition) is 2. The molecule has 3 rings (SSSR count). The molecule has 6 heteroatoms. The number of rotatable bonds is 5. The summed E-state index contributed by atoms with van der Waals surface area (Å²) in [4.78, 5) is 18.7. The van der Waals surface area contributed by atoms with Crippen molar-refractivity contribution < 1.29 is 4.79 Å². The van der Waals surface area contributed by atoms with Gasteiger partial charge in [0, 0.05) is 42.9 Å². The quantitative estimate of drug-likeness (QED) is 0.721. The van der Waals surface area contributed by atoms with E-state index < -0.39 is 0 Å². The lowest BCUT2D eigenvalue weighted by molar-refractivity contribution is 0.102. The van der Waals surface area contributed by atoms with Crippen LogP contribution in [-0.4, -0.2) is 25.0 Å². The first-order valence-electron chi connectivity index (χ1n) is 8.37. The van der Waals surface area contributed by atoms with Crippen molar-refractivity contribution in [1.82, 2.24) is 4.98 Å². The van der Waals surface area contributed by atoms with Gasteiger partial charge >= 0.3 is 0 Å². The average molecular weight is 357 g/mol. The Labute approximate surface area is 158 Å². The summed E-state index contributed by atoms with van der Waals surface area (Å²) >= 11 is 0. The first kappa shape index (κ1) is 18.0. The van der Waals surface area contributed by atoms with Gasteiger partial charge in [-0.2, -0.15) is 5.26 Å². The van der Waals surface area contributed by atoms with Crippen molar-refractivity contribution in [2.75, 3.05) is 29.6 Å². The van der Waals surface area contributed by atoms with Crippen molar-refractivity contribution in [2.24, 2.45) is 0 Å². The minimum Gasteiger partial charge on any atom is -0.378 e. The molecule has 1 amide bonds. The number of amides is 1. The molecule has 0 aliphatic rings. The van der Waals surface area contributed by atoms with E-state index in [9.17, 15) is 4.79 Å². The van der Waals surface area contributed by atoms with Crippen LogP contribution in [0.25, 0.3) is 0 Å². The minimum absolute atomic E-state index is 0.210. The van der Waals surface area contributed by atoms with Gasteiger partial charge in [0.05, 0.1) is 11.6 Å². The number of aromatic nitrogens is 1. The van der Waals surface area contributed by atoms with Crippen molar-refractivity contribution in [3.8, 4) is 6.07 Å². The summed E-state index contributed by atoms with van der Waals surface area (Å²) in [7, 11) is 3.93. The second kappa shape index (κ2) is 8.02. The Bertz CT molecular complexity index is 973. The van der Waals surface area contributed by atoms with Gasteiger partial charge in [-0.3, -0.25) is 4.79 Å². The summed E-state index contributed by atoms with van der Waals surface area (Å²) < 4.78 is 0. The molecule has 0 bridgehead atoms. The van der Waals surface area contributed by atoms with E-state index in [0.717, 1.165) is 17.1 Å². The van der Waals surface area contributed by atoms with Crippen LogP contribution in [0.1, 0.15) is 15.9 Å². The lowest BCUT2D eigenvalue weighted by atomic mass is 10.2. The number of carbonyl (C=O) groups is 1. The van der Waals surface area contributed by atoms with Gasteiger partial charge in [-0.1, -0.05) is 0 Å². The van der Waals surface area contributed by atoms with E-state index in [1.165, 1.54) is 0 Å². The SMILES string of the molecule is CN(C)c1ccc(NC(=O)c2ccnc(Nc3ccc(C#N)cc3)c2)cc1. The van der Waals surface area contributed by atoms with Gasteiger partial charge in [-0.15, -0.1) is 0 Å². The number of nitriles is 1. The van der Waals surface area contributed by atoms with Gasteiger partial charge in [-0.05, 0) is 60.7 Å². The van der Waals surface area contributed by atoms with Crippen LogP contribution in [0.15, 0.2) is 66.9 Å². The summed E-state index contributed by atoms with van der Waals surface area (Å²) in [5.74, 6) is 0.341. The molecule has 0 saturated heterocycles. The molecule has 0 unspecified atom stereocenters. The maximum atomic E-state index is 12.5. The van der Waals surface area contributed by atoms with Crippen LogP contribution in [0.2, 0.25) is 0 Å². The van der Waals surface area contributed by atoms with E-state index >= 15 is 0 Å². The van der Waals surface area contributed by atoms with Crippen LogP contribution in [0, 0.1) is 11.3 Å². The highest BCUT2D eigenvalue weighted by Crippen LogP contribution is 2.19. The number of nitrogens with zero attached hydrogens (tertiary/aromatic N) is 3. The summed E-state index contributed by atoms with van der Waals surface area (Å²) in [6.45, 7) is 0. The Morgan fingerprint density at radius 3 is 2.30 bits per heavy atom. The van der Waals surface area contributed by atoms with E-state index in [4.69, 9.17) is 5.26 Å². The fourth-order valence-corrected chi connectivity index (χ4v) is 2.46. The molecule has 0 spiro atoms. The van der Waals surface area contributed by atoms with Crippen LogP contribution in [0.5, 0.6) is 0 Å². The minimum atomic E-state index is -0.210. The van der Waals surface area contributed by atoms with Crippen LogP contribution in [0.4, 0.5) is 22.9 Å². The standard InChI is InChI=1S/C21H19N5O/c1-26(2)19-9-7-18(8-10-19)25-21(27)16-11-12-23-20(13-16)24-17-5-3-15(14-22)4-6-17/h3-13H,1-2H3,(H,23,24)(H,25,27). The number of anilines is 4. The van der Waals surface area contributed by atoms with E-state index in [2.05, 4.69) is 21.7 Å². The normalized spacial score (nSPS) is 9.96. The molecule has 0 saturated carbocycles. The highest BCUT2D eigenvalue weighted by atomic mass is 16.1. The van der Waals surface area contributed by atoms with Gasteiger partial charge in [0.15, 0.2) is 0 Å². The monoisotopic (exact) mass is 357 g/mol. The van der Waals surface area contributed by atoms with Crippen LogP contribution < -0.4 is 15.5 Å². The molecule has 1 heterocycles. The third-order valence-electron chi connectivity index (χ3n) is 3.95. The fourth-order valence-electron chi connectivity index (χ4n) is 2.46. The zero-order chi connectivity index (χ0) is 19.2. The number of nitrogens with one attached hydrogen (secondary N) is 2. The topological polar surface area (TPSA) is 81.1 Å². The largest absolute Gasteiger partial charge is 0.378 e. The van der Waals surface area contributed by atoms with Crippen molar-refractivity contribution in [1.29, 1.82) is 5.26 Å². The lowest BCUT2D eigenvalue weighted by Crippen LogP contribution is -2.13. The summed E-state index contributed by atoms with van der Waals surface area (Å²) in [6.07, 6.45) is 1.58. The van der Waals surface area contributed by atoms with Gasteiger partial charge in [-0.25, -0.2) is 4.98 Å². The molecule has 134 valence electrons. The lowest BCUT2D eigenvalue weighted by Gasteiger charge is -2.13. The number of benzene rings is 2. The molecule has 0 fully saturated rings. The number of pyridine rings is 1. The smallest absolute Gasteiger partial charge is 0.255 e. The molecule has 0 aliphatic carbocycles. The average Bonchev–Trinajstić information content (AvgIpc) is 2.69. The van der Waals surface area contributed by atoms with Gasteiger partial charge in [0.25, 0.3) is 5.91 Å². The van der Waals surface area contributed by atoms with Gasteiger partial charge in [0.2, 0.25) is 0 Å². The molecule has 0 aliphatic heterocycles. The molecule has 6 nitrogen and oxygen atoms in total. The highest BCUT2D eigenvalue weighted by molar-refractivity contribution is 6.04.